The Balaban J connectivity index is 2.49. The smallest absolute Gasteiger partial charge is 0.260 e. The van der Waals surface area contributed by atoms with Crippen LogP contribution in [0.25, 0.3) is 0 Å². The van der Waals surface area contributed by atoms with Crippen LogP contribution in [-0.2, 0) is 9.53 Å². The van der Waals surface area contributed by atoms with Crippen LogP contribution in [0.3, 0.4) is 0 Å². The number of hydrogen-bond acceptors (Lipinski definition) is 4. The third-order valence-corrected chi connectivity index (χ3v) is 2.43. The molecule has 0 bridgehead atoms. The molecule has 1 rings (SSSR count). The highest BCUT2D eigenvalue weighted by Gasteiger charge is 2.14. The number of ether oxygens (including phenoxy) is 2. The normalized spacial score (nSPS) is 11.7. The Hall–Kier alpha value is -2.08. The van der Waals surface area contributed by atoms with Crippen molar-refractivity contribution in [3.05, 3.63) is 29.8 Å². The third-order valence-electron chi connectivity index (χ3n) is 2.43. The molecule has 0 saturated heterocycles. The molecule has 0 aromatic heterocycles. The molecule has 2 amide bonds. The van der Waals surface area contributed by atoms with Gasteiger partial charge in [0, 0.05) is 19.2 Å². The maximum atomic E-state index is 11.6. The lowest BCUT2D eigenvalue weighted by Crippen LogP contribution is -2.37. The zero-order chi connectivity index (χ0) is 14.3. The van der Waals surface area contributed by atoms with Crippen LogP contribution >= 0.6 is 0 Å². The molecule has 1 atom stereocenters. The van der Waals surface area contributed by atoms with E-state index in [1.165, 1.54) is 0 Å². The number of carbonyl (C=O) groups is 2. The second-order valence-electron chi connectivity index (χ2n) is 3.93. The minimum Gasteiger partial charge on any atom is -0.481 e. The van der Waals surface area contributed by atoms with Crippen molar-refractivity contribution in [1.29, 1.82) is 0 Å². The number of nitrogens with two attached hydrogens (primary N) is 1. The van der Waals surface area contributed by atoms with Gasteiger partial charge in [0.15, 0.2) is 6.10 Å². The summed E-state index contributed by atoms with van der Waals surface area (Å²) in [6.45, 7) is 2.53. The fraction of sp³-hybridized carbons (Fsp3) is 0.385. The van der Waals surface area contributed by atoms with Crippen molar-refractivity contribution in [2.45, 2.75) is 13.0 Å². The summed E-state index contributed by atoms with van der Waals surface area (Å²) in [6, 6.07) is 6.29. The predicted molar refractivity (Wildman–Crippen MR) is 69.9 cm³/mol. The monoisotopic (exact) mass is 266 g/mol. The molecule has 0 aliphatic rings. The van der Waals surface area contributed by atoms with E-state index in [4.69, 9.17) is 15.2 Å². The van der Waals surface area contributed by atoms with Gasteiger partial charge in [0.05, 0.1) is 6.61 Å². The Morgan fingerprint density at radius 2 is 1.95 bits per heavy atom. The molecule has 3 N–H and O–H groups in total. The van der Waals surface area contributed by atoms with E-state index < -0.39 is 12.0 Å². The highest BCUT2D eigenvalue weighted by Crippen LogP contribution is 2.13. The van der Waals surface area contributed by atoms with Gasteiger partial charge in [-0.15, -0.1) is 0 Å². The lowest BCUT2D eigenvalue weighted by Gasteiger charge is -2.14. The van der Waals surface area contributed by atoms with Gasteiger partial charge in [0.25, 0.3) is 5.91 Å². The Kier molecular flexibility index (Phi) is 5.81. The summed E-state index contributed by atoms with van der Waals surface area (Å²) in [4.78, 5) is 22.5. The quantitative estimate of drug-likeness (QED) is 0.695. The summed E-state index contributed by atoms with van der Waals surface area (Å²) in [6.07, 6.45) is -0.628. The van der Waals surface area contributed by atoms with Crippen molar-refractivity contribution >= 4 is 11.8 Å². The highest BCUT2D eigenvalue weighted by molar-refractivity contribution is 5.92. The van der Waals surface area contributed by atoms with Crippen LogP contribution in [0.5, 0.6) is 5.75 Å². The fourth-order valence-corrected chi connectivity index (χ4v) is 1.38. The number of nitrogens with one attached hydrogen (secondary N) is 1. The summed E-state index contributed by atoms with van der Waals surface area (Å²) in [5.41, 5.74) is 5.52. The van der Waals surface area contributed by atoms with E-state index in [1.54, 1.807) is 38.3 Å². The van der Waals surface area contributed by atoms with Gasteiger partial charge < -0.3 is 20.5 Å². The Labute approximate surface area is 111 Å². The Bertz CT molecular complexity index is 431. The molecule has 1 aromatic carbocycles. The molecule has 0 saturated carbocycles. The van der Waals surface area contributed by atoms with Gasteiger partial charge in [-0.1, -0.05) is 0 Å². The SMILES string of the molecule is COCCNC(=O)[C@@H](C)Oc1ccc(C(N)=O)cc1. The van der Waals surface area contributed by atoms with E-state index in [9.17, 15) is 9.59 Å². The topological polar surface area (TPSA) is 90.7 Å². The highest BCUT2D eigenvalue weighted by atomic mass is 16.5. The Morgan fingerprint density at radius 3 is 2.47 bits per heavy atom. The molecule has 0 unspecified atom stereocenters. The lowest BCUT2D eigenvalue weighted by atomic mass is 10.2. The average molecular weight is 266 g/mol. The third kappa shape index (κ3) is 4.97. The second-order valence-corrected chi connectivity index (χ2v) is 3.93. The van der Waals surface area contributed by atoms with Crippen molar-refractivity contribution in [2.75, 3.05) is 20.3 Å². The van der Waals surface area contributed by atoms with Crippen LogP contribution in [0.1, 0.15) is 17.3 Å². The van der Waals surface area contributed by atoms with Crippen LogP contribution in [0.15, 0.2) is 24.3 Å². The molecule has 6 heteroatoms. The molecule has 0 heterocycles. The number of hydrogen-bond donors (Lipinski definition) is 2. The summed E-state index contributed by atoms with van der Waals surface area (Å²) in [7, 11) is 1.56. The Morgan fingerprint density at radius 1 is 1.32 bits per heavy atom. The second kappa shape index (κ2) is 7.38. The number of carbonyl (C=O) groups excluding carboxylic acids is 2. The molecular weight excluding hydrogens is 248 g/mol. The summed E-state index contributed by atoms with van der Waals surface area (Å²) < 4.78 is 10.3. The minimum absolute atomic E-state index is 0.226. The number of rotatable bonds is 7. The summed E-state index contributed by atoms with van der Waals surface area (Å²) in [5.74, 6) is -0.229. The van der Waals surface area contributed by atoms with Gasteiger partial charge in [-0.3, -0.25) is 9.59 Å². The molecule has 104 valence electrons. The van der Waals surface area contributed by atoms with Crippen molar-refractivity contribution in [2.24, 2.45) is 5.73 Å². The maximum Gasteiger partial charge on any atom is 0.260 e. The zero-order valence-electron chi connectivity index (χ0n) is 11.0. The van der Waals surface area contributed by atoms with Crippen molar-refractivity contribution in [3.8, 4) is 5.75 Å². The lowest BCUT2D eigenvalue weighted by molar-refractivity contribution is -0.127. The van der Waals surface area contributed by atoms with E-state index >= 15 is 0 Å². The standard InChI is InChI=1S/C13H18N2O4/c1-9(13(17)15-7-8-18-2)19-11-5-3-10(4-6-11)12(14)16/h3-6,9H,7-8H2,1-2H3,(H2,14,16)(H,15,17)/t9-/m1/s1. The van der Waals surface area contributed by atoms with Gasteiger partial charge in [0.1, 0.15) is 5.75 Å². The van der Waals surface area contributed by atoms with Crippen molar-refractivity contribution in [1.82, 2.24) is 5.32 Å². The molecule has 0 radical (unpaired) electrons. The fourth-order valence-electron chi connectivity index (χ4n) is 1.38. The molecule has 0 aliphatic carbocycles. The number of amides is 2. The first-order valence-corrected chi connectivity index (χ1v) is 5.87. The molecule has 0 fully saturated rings. The first-order chi connectivity index (χ1) is 9.04. The molecule has 0 aliphatic heterocycles. The van der Waals surface area contributed by atoms with Crippen LogP contribution in [-0.4, -0.2) is 38.2 Å². The first kappa shape index (κ1) is 15.0. The molecule has 19 heavy (non-hydrogen) atoms. The number of primary amides is 1. The molecule has 6 nitrogen and oxygen atoms in total. The largest absolute Gasteiger partial charge is 0.481 e. The summed E-state index contributed by atoms with van der Waals surface area (Å²) >= 11 is 0. The van der Waals surface area contributed by atoms with Gasteiger partial charge in [-0.2, -0.15) is 0 Å². The van der Waals surface area contributed by atoms with Gasteiger partial charge in [-0.05, 0) is 31.2 Å². The van der Waals surface area contributed by atoms with E-state index in [0.29, 0.717) is 24.5 Å². The van der Waals surface area contributed by atoms with E-state index in [1.807, 2.05) is 0 Å². The first-order valence-electron chi connectivity index (χ1n) is 5.87. The molecular formula is C13H18N2O4. The minimum atomic E-state index is -0.628. The average Bonchev–Trinajstić information content (AvgIpc) is 2.39. The van der Waals surface area contributed by atoms with Crippen LogP contribution < -0.4 is 15.8 Å². The van der Waals surface area contributed by atoms with E-state index in [0.717, 1.165) is 0 Å². The maximum absolute atomic E-state index is 11.6. The van der Waals surface area contributed by atoms with E-state index in [2.05, 4.69) is 5.32 Å². The number of benzene rings is 1. The van der Waals surface area contributed by atoms with Crippen LogP contribution in [0.4, 0.5) is 0 Å². The zero-order valence-corrected chi connectivity index (χ0v) is 11.0. The van der Waals surface area contributed by atoms with Gasteiger partial charge in [-0.25, -0.2) is 0 Å². The van der Waals surface area contributed by atoms with Gasteiger partial charge in [0.2, 0.25) is 5.91 Å². The van der Waals surface area contributed by atoms with Gasteiger partial charge >= 0.3 is 0 Å². The van der Waals surface area contributed by atoms with Crippen LogP contribution in [0.2, 0.25) is 0 Å². The van der Waals surface area contributed by atoms with Crippen molar-refractivity contribution in [3.63, 3.8) is 0 Å². The van der Waals surface area contributed by atoms with Crippen LogP contribution in [0, 0.1) is 0 Å². The molecule has 0 spiro atoms. The molecule has 1 aromatic rings. The number of methoxy groups -OCH3 is 1. The summed E-state index contributed by atoms with van der Waals surface area (Å²) in [5, 5.41) is 2.67. The predicted octanol–water partition coefficient (Wildman–Crippen LogP) is 0.315. The van der Waals surface area contributed by atoms with E-state index in [-0.39, 0.29) is 5.91 Å². The van der Waals surface area contributed by atoms with Crippen molar-refractivity contribution < 1.29 is 19.1 Å².